The van der Waals surface area contributed by atoms with Crippen LogP contribution < -0.4 is 16.2 Å². The summed E-state index contributed by atoms with van der Waals surface area (Å²) in [6.45, 7) is 6.44. The molecule has 12 heteroatoms. The summed E-state index contributed by atoms with van der Waals surface area (Å²) in [5, 5.41) is 25.9. The molecule has 0 aliphatic heterocycles. The van der Waals surface area contributed by atoms with Gasteiger partial charge in [0.25, 0.3) is 17.3 Å². The molecule has 43 heavy (non-hydrogen) atoms. The van der Waals surface area contributed by atoms with Crippen LogP contribution in [0.4, 0.5) is 17.5 Å². The van der Waals surface area contributed by atoms with Crippen LogP contribution in [0, 0.1) is 0 Å². The van der Waals surface area contributed by atoms with Crippen molar-refractivity contribution < 1.29 is 9.52 Å². The summed E-state index contributed by atoms with van der Waals surface area (Å²) in [7, 11) is 0. The van der Waals surface area contributed by atoms with Crippen LogP contribution in [-0.4, -0.2) is 46.2 Å². The maximum absolute atomic E-state index is 13.0. The standard InChI is InChI=1S/C31H31N9O3/c1-4-39-30(42)22-14-13-21(16-26(22)40(39)19(2)3)34-31-33-17-23(28-37-38-29(43-28)24-12-8-9-15-32-24)27(36-31)35-25(18-41)20-10-6-5-7-11-20/h5-17,19,25,41H,4,18H2,1-3H3,(H2,33,34,35,36)/t25-/m1/s1. The Morgan fingerprint density at radius 3 is 2.49 bits per heavy atom. The monoisotopic (exact) mass is 577 g/mol. The number of aliphatic hydroxyl groups excluding tert-OH is 1. The topological polar surface area (TPSA) is 149 Å². The number of hydrogen-bond acceptors (Lipinski definition) is 10. The van der Waals surface area contributed by atoms with E-state index >= 15 is 0 Å². The number of pyridine rings is 1. The highest BCUT2D eigenvalue weighted by Crippen LogP contribution is 2.31. The van der Waals surface area contributed by atoms with Crippen LogP contribution in [0.15, 0.2) is 88.3 Å². The number of anilines is 3. The summed E-state index contributed by atoms with van der Waals surface area (Å²) >= 11 is 0. The number of rotatable bonds is 10. The molecular formula is C31H31N9O3. The Bertz CT molecular complexity index is 1910. The molecule has 4 aromatic heterocycles. The molecule has 1 atom stereocenters. The van der Waals surface area contributed by atoms with E-state index in [1.807, 2.05) is 80.1 Å². The van der Waals surface area contributed by atoms with E-state index in [1.54, 1.807) is 29.2 Å². The SMILES string of the molecule is CCn1c(=O)c2ccc(Nc3ncc(-c4nnc(-c5ccccn5)o4)c(N[C@H](CO)c4ccccc4)n3)cc2n1C(C)C. The molecular weight excluding hydrogens is 546 g/mol. The second-order valence-corrected chi connectivity index (χ2v) is 10.2. The van der Waals surface area contributed by atoms with Gasteiger partial charge in [-0.25, -0.2) is 9.67 Å². The average Bonchev–Trinajstić information content (AvgIpc) is 3.63. The molecule has 0 amide bonds. The van der Waals surface area contributed by atoms with Gasteiger partial charge < -0.3 is 20.2 Å². The van der Waals surface area contributed by atoms with Crippen molar-refractivity contribution in [3.05, 3.63) is 95.0 Å². The zero-order valence-corrected chi connectivity index (χ0v) is 24.0. The normalized spacial score (nSPS) is 12.1. The zero-order chi connectivity index (χ0) is 29.9. The molecule has 218 valence electrons. The van der Waals surface area contributed by atoms with Gasteiger partial charge in [0.05, 0.1) is 29.1 Å². The fraction of sp³-hybridized carbons (Fsp3) is 0.226. The molecule has 0 radical (unpaired) electrons. The minimum absolute atomic E-state index is 0.0228. The molecule has 0 aliphatic rings. The van der Waals surface area contributed by atoms with Gasteiger partial charge in [0.1, 0.15) is 11.5 Å². The number of benzene rings is 2. The molecule has 0 saturated carbocycles. The van der Waals surface area contributed by atoms with Crippen molar-refractivity contribution in [3.8, 4) is 23.0 Å². The minimum Gasteiger partial charge on any atom is -0.414 e. The van der Waals surface area contributed by atoms with Gasteiger partial charge in [0, 0.05) is 30.7 Å². The second kappa shape index (κ2) is 11.9. The molecule has 12 nitrogen and oxygen atoms in total. The molecule has 2 aromatic carbocycles. The number of fused-ring (bicyclic) bond motifs is 1. The maximum atomic E-state index is 13.0. The summed E-state index contributed by atoms with van der Waals surface area (Å²) in [5.74, 6) is 1.14. The lowest BCUT2D eigenvalue weighted by molar-refractivity contribution is 0.276. The zero-order valence-electron chi connectivity index (χ0n) is 24.0. The highest BCUT2D eigenvalue weighted by molar-refractivity contribution is 5.83. The molecule has 0 saturated heterocycles. The van der Waals surface area contributed by atoms with E-state index in [2.05, 4.69) is 30.8 Å². The van der Waals surface area contributed by atoms with Crippen molar-refractivity contribution in [1.29, 1.82) is 0 Å². The van der Waals surface area contributed by atoms with E-state index in [9.17, 15) is 9.90 Å². The predicted molar refractivity (Wildman–Crippen MR) is 164 cm³/mol. The van der Waals surface area contributed by atoms with Crippen LogP contribution in [0.5, 0.6) is 0 Å². The molecule has 0 aliphatic carbocycles. The first-order valence-electron chi connectivity index (χ1n) is 14.0. The summed E-state index contributed by atoms with van der Waals surface area (Å²) in [4.78, 5) is 26.5. The van der Waals surface area contributed by atoms with Crippen LogP contribution in [-0.2, 0) is 6.54 Å². The number of nitrogens with zero attached hydrogens (tertiary/aromatic N) is 7. The molecule has 6 rings (SSSR count). The Morgan fingerprint density at radius 1 is 0.977 bits per heavy atom. The van der Waals surface area contributed by atoms with Crippen molar-refractivity contribution in [2.45, 2.75) is 39.4 Å². The fourth-order valence-electron chi connectivity index (χ4n) is 5.05. The minimum atomic E-state index is -0.466. The highest BCUT2D eigenvalue weighted by Gasteiger charge is 2.21. The largest absolute Gasteiger partial charge is 0.414 e. The van der Waals surface area contributed by atoms with E-state index in [4.69, 9.17) is 9.40 Å². The first kappa shape index (κ1) is 27.8. The van der Waals surface area contributed by atoms with Crippen molar-refractivity contribution in [2.24, 2.45) is 0 Å². The van der Waals surface area contributed by atoms with Gasteiger partial charge in [0.15, 0.2) is 0 Å². The molecule has 0 spiro atoms. The Kier molecular flexibility index (Phi) is 7.67. The van der Waals surface area contributed by atoms with Crippen molar-refractivity contribution >= 4 is 28.4 Å². The third-order valence-corrected chi connectivity index (χ3v) is 7.04. The summed E-state index contributed by atoms with van der Waals surface area (Å²) in [5.41, 5.74) is 3.38. The summed E-state index contributed by atoms with van der Waals surface area (Å²) in [6, 6.07) is 20.2. The average molecular weight is 578 g/mol. The Hall–Kier alpha value is -5.36. The fourth-order valence-corrected chi connectivity index (χ4v) is 5.05. The van der Waals surface area contributed by atoms with Crippen LogP contribution >= 0.6 is 0 Å². The van der Waals surface area contributed by atoms with Gasteiger partial charge in [-0.15, -0.1) is 10.2 Å². The third kappa shape index (κ3) is 5.47. The van der Waals surface area contributed by atoms with Gasteiger partial charge in [0.2, 0.25) is 5.95 Å². The lowest BCUT2D eigenvalue weighted by Crippen LogP contribution is -2.23. The third-order valence-electron chi connectivity index (χ3n) is 7.04. The van der Waals surface area contributed by atoms with Gasteiger partial charge in [-0.2, -0.15) is 4.98 Å². The van der Waals surface area contributed by atoms with Crippen molar-refractivity contribution in [1.82, 2.24) is 34.5 Å². The molecule has 0 fully saturated rings. The number of aromatic nitrogens is 7. The quantitative estimate of drug-likeness (QED) is 0.198. The maximum Gasteiger partial charge on any atom is 0.274 e. The van der Waals surface area contributed by atoms with Gasteiger partial charge in [-0.05, 0) is 56.7 Å². The lowest BCUT2D eigenvalue weighted by atomic mass is 10.1. The van der Waals surface area contributed by atoms with E-state index in [1.165, 1.54) is 0 Å². The first-order valence-corrected chi connectivity index (χ1v) is 14.0. The van der Waals surface area contributed by atoms with E-state index in [-0.39, 0.29) is 30.0 Å². The highest BCUT2D eigenvalue weighted by atomic mass is 16.4. The van der Waals surface area contributed by atoms with E-state index in [0.29, 0.717) is 40.6 Å². The van der Waals surface area contributed by atoms with Gasteiger partial charge in [-0.3, -0.25) is 14.5 Å². The molecule has 6 aromatic rings. The van der Waals surface area contributed by atoms with Crippen LogP contribution in [0.25, 0.3) is 33.9 Å². The van der Waals surface area contributed by atoms with Crippen molar-refractivity contribution in [3.63, 3.8) is 0 Å². The van der Waals surface area contributed by atoms with E-state index in [0.717, 1.165) is 11.1 Å². The molecule has 0 unspecified atom stereocenters. The van der Waals surface area contributed by atoms with E-state index < -0.39 is 6.04 Å². The van der Waals surface area contributed by atoms with Gasteiger partial charge >= 0.3 is 0 Å². The predicted octanol–water partition coefficient (Wildman–Crippen LogP) is 5.19. The second-order valence-electron chi connectivity index (χ2n) is 10.2. The Morgan fingerprint density at radius 2 is 1.77 bits per heavy atom. The van der Waals surface area contributed by atoms with Gasteiger partial charge in [-0.1, -0.05) is 36.4 Å². The first-order chi connectivity index (χ1) is 21.0. The van der Waals surface area contributed by atoms with Crippen LogP contribution in [0.3, 0.4) is 0 Å². The summed E-state index contributed by atoms with van der Waals surface area (Å²) in [6.07, 6.45) is 3.24. The lowest BCUT2D eigenvalue weighted by Gasteiger charge is -2.19. The number of aliphatic hydroxyl groups is 1. The smallest absolute Gasteiger partial charge is 0.274 e. The Labute approximate surface area is 247 Å². The molecule has 0 bridgehead atoms. The summed E-state index contributed by atoms with van der Waals surface area (Å²) < 4.78 is 9.71. The van der Waals surface area contributed by atoms with Crippen LogP contribution in [0.2, 0.25) is 0 Å². The number of hydrogen-bond donors (Lipinski definition) is 3. The molecule has 4 heterocycles. The molecule has 3 N–H and O–H groups in total. The number of nitrogens with one attached hydrogen (secondary N) is 2. The van der Waals surface area contributed by atoms with Crippen LogP contribution in [0.1, 0.15) is 38.4 Å². The van der Waals surface area contributed by atoms with Crippen molar-refractivity contribution in [2.75, 3.05) is 17.2 Å². The Balaban J connectivity index is 1.39.